The first-order chi connectivity index (χ1) is 8.58. The Labute approximate surface area is 110 Å². The smallest absolute Gasteiger partial charge is 0.340 e. The minimum absolute atomic E-state index is 0.257. The van der Waals surface area contributed by atoms with Crippen molar-refractivity contribution in [1.82, 2.24) is 0 Å². The van der Waals surface area contributed by atoms with Gasteiger partial charge >= 0.3 is 5.97 Å². The predicted molar refractivity (Wildman–Crippen MR) is 67.9 cm³/mol. The third kappa shape index (κ3) is 3.80. The van der Waals surface area contributed by atoms with Crippen molar-refractivity contribution in [1.29, 1.82) is 10.5 Å². The van der Waals surface area contributed by atoms with Gasteiger partial charge < -0.3 is 4.74 Å². The molecule has 0 saturated heterocycles. The highest BCUT2D eigenvalue weighted by molar-refractivity contribution is 8.00. The average molecular weight is 260 g/mol. The molecule has 0 amide bonds. The summed E-state index contributed by atoms with van der Waals surface area (Å²) in [7, 11) is 0. The molecule has 0 unspecified atom stereocenters. The van der Waals surface area contributed by atoms with Crippen LogP contribution in [-0.4, -0.2) is 17.3 Å². The maximum absolute atomic E-state index is 11.8. The number of nitriles is 2. The van der Waals surface area contributed by atoms with Crippen LogP contribution in [0.25, 0.3) is 0 Å². The van der Waals surface area contributed by atoms with Crippen molar-refractivity contribution in [2.75, 3.05) is 0 Å². The number of hydrogen-bond acceptors (Lipinski definition) is 5. The minimum Gasteiger partial charge on any atom is -0.444 e. The summed E-state index contributed by atoms with van der Waals surface area (Å²) in [6.07, 6.45) is -0.788. The number of rotatable bonds is 4. The summed E-state index contributed by atoms with van der Waals surface area (Å²) >= 11 is 1.29. The number of nitrogens with zero attached hydrogens (tertiary/aromatic N) is 2. The average Bonchev–Trinajstić information content (AvgIpc) is 2.38. The molecule has 2 atom stereocenters. The highest BCUT2D eigenvalue weighted by atomic mass is 32.2. The number of thioether (sulfide) groups is 1. The van der Waals surface area contributed by atoms with Gasteiger partial charge in [-0.1, -0.05) is 12.1 Å². The van der Waals surface area contributed by atoms with Gasteiger partial charge in [-0.3, -0.25) is 0 Å². The highest BCUT2D eigenvalue weighted by Gasteiger charge is 2.16. The van der Waals surface area contributed by atoms with Gasteiger partial charge in [-0.05, 0) is 26.0 Å². The van der Waals surface area contributed by atoms with Crippen molar-refractivity contribution in [3.8, 4) is 12.1 Å². The number of esters is 1. The fourth-order valence-electron chi connectivity index (χ4n) is 1.21. The van der Waals surface area contributed by atoms with E-state index >= 15 is 0 Å². The second-order valence-electron chi connectivity index (χ2n) is 3.56. The van der Waals surface area contributed by atoms with E-state index in [2.05, 4.69) is 6.07 Å². The molecule has 5 heteroatoms. The highest BCUT2D eigenvalue weighted by Crippen LogP contribution is 2.27. The fourth-order valence-corrected chi connectivity index (χ4v) is 2.07. The summed E-state index contributed by atoms with van der Waals surface area (Å²) in [5.41, 5.74) is 0.381. The Morgan fingerprint density at radius 2 is 1.94 bits per heavy atom. The maximum atomic E-state index is 11.8. The van der Waals surface area contributed by atoms with Crippen LogP contribution in [0.5, 0.6) is 0 Å². The van der Waals surface area contributed by atoms with Crippen LogP contribution in [0.2, 0.25) is 0 Å². The molecule has 4 nitrogen and oxygen atoms in total. The molecule has 0 spiro atoms. The molecule has 0 heterocycles. The topological polar surface area (TPSA) is 73.9 Å². The minimum atomic E-state index is -0.788. The zero-order chi connectivity index (χ0) is 13.5. The molecule has 1 rings (SSSR count). The van der Waals surface area contributed by atoms with Crippen LogP contribution in [0.1, 0.15) is 24.2 Å². The number of carbonyl (C=O) groups excluding carboxylic acids is 1. The van der Waals surface area contributed by atoms with Crippen LogP contribution in [0, 0.1) is 22.7 Å². The van der Waals surface area contributed by atoms with Crippen molar-refractivity contribution in [3.63, 3.8) is 0 Å². The van der Waals surface area contributed by atoms with Crippen LogP contribution in [-0.2, 0) is 4.74 Å². The molecule has 92 valence electrons. The van der Waals surface area contributed by atoms with Gasteiger partial charge in [0.15, 0.2) is 6.10 Å². The fraction of sp³-hybridized carbons (Fsp3) is 0.308. The molecule has 0 aliphatic rings. The van der Waals surface area contributed by atoms with Crippen molar-refractivity contribution in [2.45, 2.75) is 30.1 Å². The number of carbonyl (C=O) groups is 1. The predicted octanol–water partition coefficient (Wildman–Crippen LogP) is 2.76. The van der Waals surface area contributed by atoms with Gasteiger partial charge in [-0.2, -0.15) is 10.5 Å². The monoisotopic (exact) mass is 260 g/mol. The lowest BCUT2D eigenvalue weighted by atomic mass is 10.2. The lowest BCUT2D eigenvalue weighted by Gasteiger charge is -2.10. The third-order valence-electron chi connectivity index (χ3n) is 2.06. The molecule has 0 fully saturated rings. The van der Waals surface area contributed by atoms with Gasteiger partial charge in [0.1, 0.15) is 6.07 Å². The summed E-state index contributed by atoms with van der Waals surface area (Å²) in [6, 6.07) is 10.8. The maximum Gasteiger partial charge on any atom is 0.340 e. The Kier molecular flexibility index (Phi) is 5.23. The van der Waals surface area contributed by atoms with Crippen LogP contribution in [0.3, 0.4) is 0 Å². The molecule has 0 aliphatic heterocycles. The van der Waals surface area contributed by atoms with E-state index in [0.717, 1.165) is 0 Å². The van der Waals surface area contributed by atoms with Crippen molar-refractivity contribution < 1.29 is 9.53 Å². The van der Waals surface area contributed by atoms with E-state index in [1.54, 1.807) is 31.2 Å². The van der Waals surface area contributed by atoms with Crippen LogP contribution in [0.15, 0.2) is 29.2 Å². The van der Waals surface area contributed by atoms with E-state index in [4.69, 9.17) is 15.3 Å². The van der Waals surface area contributed by atoms with Crippen LogP contribution >= 0.6 is 11.8 Å². The molecule has 1 aromatic carbocycles. The molecule has 18 heavy (non-hydrogen) atoms. The summed E-state index contributed by atoms with van der Waals surface area (Å²) in [5.74, 6) is -0.544. The molecular weight excluding hydrogens is 248 g/mol. The molecule has 1 aromatic rings. The van der Waals surface area contributed by atoms with Crippen molar-refractivity contribution in [2.24, 2.45) is 0 Å². The number of ether oxygens (including phenoxy) is 1. The molecule has 0 aliphatic carbocycles. The molecule has 0 N–H and O–H groups in total. The standard InChI is InChI=1S/C13H12N2O2S/c1-9(7-14)17-13(16)11-5-3-4-6-12(11)18-10(2)8-15/h3-6,9-10H,1-2H3/t9-,10+/m0/s1. The Balaban J connectivity index is 2.92. The third-order valence-corrected chi connectivity index (χ3v) is 3.13. The molecule has 0 radical (unpaired) electrons. The first kappa shape index (κ1) is 14.1. The molecule has 0 saturated carbocycles. The van der Waals surface area contributed by atoms with Gasteiger partial charge in [-0.25, -0.2) is 4.79 Å². The number of hydrogen-bond donors (Lipinski definition) is 0. The van der Waals surface area contributed by atoms with E-state index in [0.29, 0.717) is 10.5 Å². The SMILES string of the molecule is C[C@H](C#N)Sc1ccccc1C(=O)O[C@@H](C)C#N. The van der Waals surface area contributed by atoms with Gasteiger partial charge in [0.05, 0.1) is 16.9 Å². The van der Waals surface area contributed by atoms with Gasteiger partial charge in [-0.15, -0.1) is 11.8 Å². The van der Waals surface area contributed by atoms with E-state index < -0.39 is 12.1 Å². The Morgan fingerprint density at radius 3 is 2.56 bits per heavy atom. The zero-order valence-corrected chi connectivity index (χ0v) is 10.9. The molecule has 0 aromatic heterocycles. The largest absolute Gasteiger partial charge is 0.444 e. The van der Waals surface area contributed by atoms with E-state index in [1.165, 1.54) is 18.7 Å². The first-order valence-corrected chi connectivity index (χ1v) is 6.22. The van der Waals surface area contributed by atoms with Crippen molar-refractivity contribution in [3.05, 3.63) is 29.8 Å². The lowest BCUT2D eigenvalue weighted by molar-refractivity contribution is 0.0431. The Morgan fingerprint density at radius 1 is 1.28 bits per heavy atom. The van der Waals surface area contributed by atoms with Gasteiger partial charge in [0.2, 0.25) is 0 Å². The van der Waals surface area contributed by atoms with Crippen LogP contribution in [0.4, 0.5) is 0 Å². The van der Waals surface area contributed by atoms with Crippen molar-refractivity contribution >= 4 is 17.7 Å². The normalized spacial score (nSPS) is 12.9. The summed E-state index contributed by atoms with van der Waals surface area (Å²) in [6.45, 7) is 3.26. The quantitative estimate of drug-likeness (QED) is 0.614. The van der Waals surface area contributed by atoms with E-state index in [9.17, 15) is 4.79 Å². The number of benzene rings is 1. The van der Waals surface area contributed by atoms with Crippen LogP contribution < -0.4 is 0 Å². The molecule has 0 bridgehead atoms. The van der Waals surface area contributed by atoms with E-state index in [-0.39, 0.29) is 5.25 Å². The van der Waals surface area contributed by atoms with Gasteiger partial charge in [0.25, 0.3) is 0 Å². The lowest BCUT2D eigenvalue weighted by Crippen LogP contribution is -2.14. The Bertz CT molecular complexity index is 516. The van der Waals surface area contributed by atoms with E-state index in [1.807, 2.05) is 6.07 Å². The second-order valence-corrected chi connectivity index (χ2v) is 4.94. The summed E-state index contributed by atoms with van der Waals surface area (Å²) < 4.78 is 4.95. The first-order valence-electron chi connectivity index (χ1n) is 5.34. The van der Waals surface area contributed by atoms with Gasteiger partial charge in [0, 0.05) is 4.90 Å². The Hall–Kier alpha value is -1.98. The zero-order valence-electron chi connectivity index (χ0n) is 10.1. The summed E-state index contributed by atoms with van der Waals surface area (Å²) in [5, 5.41) is 17.1. The second kappa shape index (κ2) is 6.68. The summed E-state index contributed by atoms with van der Waals surface area (Å²) in [4.78, 5) is 12.5. The molecular formula is C13H12N2O2S.